The molecule has 0 aromatic carbocycles. The summed E-state index contributed by atoms with van der Waals surface area (Å²) in [5, 5.41) is 12.7. The minimum absolute atomic E-state index is 0.0830. The van der Waals surface area contributed by atoms with Crippen LogP contribution in [-0.2, 0) is 11.2 Å². The molecule has 2 rings (SSSR count). The molecule has 7 heteroatoms. The number of carboxylic acid groups (broad SMARTS) is 1. The fourth-order valence-corrected chi connectivity index (χ4v) is 1.63. The average molecular weight is 221 g/mol. The summed E-state index contributed by atoms with van der Waals surface area (Å²) in [5.41, 5.74) is 7.45. The first kappa shape index (κ1) is 10.3. The second-order valence-corrected chi connectivity index (χ2v) is 3.51. The summed E-state index contributed by atoms with van der Waals surface area (Å²) >= 11 is 0. The molecule has 0 unspecified atom stereocenters. The SMILES string of the molecule is Cc1nc2nc(N)nn2c(C)c1CC(=O)O. The minimum atomic E-state index is -0.902. The van der Waals surface area contributed by atoms with E-state index < -0.39 is 5.97 Å². The van der Waals surface area contributed by atoms with E-state index >= 15 is 0 Å². The number of aromatic nitrogens is 4. The van der Waals surface area contributed by atoms with Gasteiger partial charge in [-0.05, 0) is 13.8 Å². The molecule has 0 radical (unpaired) electrons. The number of nitrogens with zero attached hydrogens (tertiary/aromatic N) is 4. The number of aliphatic carboxylic acids is 1. The Morgan fingerprint density at radius 1 is 1.44 bits per heavy atom. The third-order valence-electron chi connectivity index (χ3n) is 2.39. The van der Waals surface area contributed by atoms with Crippen molar-refractivity contribution >= 4 is 17.7 Å². The van der Waals surface area contributed by atoms with Crippen LogP contribution in [0.4, 0.5) is 5.95 Å². The molecule has 2 aromatic heterocycles. The molecule has 16 heavy (non-hydrogen) atoms. The molecule has 7 nitrogen and oxygen atoms in total. The maximum atomic E-state index is 10.7. The fourth-order valence-electron chi connectivity index (χ4n) is 1.63. The second kappa shape index (κ2) is 3.44. The van der Waals surface area contributed by atoms with Gasteiger partial charge in [0.05, 0.1) is 6.42 Å². The van der Waals surface area contributed by atoms with Gasteiger partial charge in [0.25, 0.3) is 5.78 Å². The number of nitrogen functional groups attached to an aromatic ring is 1. The van der Waals surface area contributed by atoms with Gasteiger partial charge in [-0.25, -0.2) is 4.98 Å². The van der Waals surface area contributed by atoms with Crippen molar-refractivity contribution in [2.45, 2.75) is 20.3 Å². The number of hydrogen-bond acceptors (Lipinski definition) is 5. The predicted molar refractivity (Wildman–Crippen MR) is 56.0 cm³/mol. The van der Waals surface area contributed by atoms with Crippen LogP contribution in [0, 0.1) is 13.8 Å². The van der Waals surface area contributed by atoms with Gasteiger partial charge in [0.2, 0.25) is 5.95 Å². The zero-order chi connectivity index (χ0) is 11.9. The van der Waals surface area contributed by atoms with Crippen LogP contribution in [0.5, 0.6) is 0 Å². The molecule has 0 fully saturated rings. The van der Waals surface area contributed by atoms with Gasteiger partial charge in [-0.3, -0.25) is 4.79 Å². The largest absolute Gasteiger partial charge is 0.481 e. The third-order valence-corrected chi connectivity index (χ3v) is 2.39. The fraction of sp³-hybridized carbons (Fsp3) is 0.333. The molecule has 0 amide bonds. The lowest BCUT2D eigenvalue weighted by atomic mass is 10.1. The van der Waals surface area contributed by atoms with E-state index in [-0.39, 0.29) is 12.4 Å². The van der Waals surface area contributed by atoms with Gasteiger partial charge >= 0.3 is 5.97 Å². The highest BCUT2D eigenvalue weighted by Crippen LogP contribution is 2.14. The Hall–Kier alpha value is -2.18. The van der Waals surface area contributed by atoms with Crippen molar-refractivity contribution < 1.29 is 9.90 Å². The van der Waals surface area contributed by atoms with Crippen molar-refractivity contribution in [3.63, 3.8) is 0 Å². The maximum Gasteiger partial charge on any atom is 0.307 e. The highest BCUT2D eigenvalue weighted by molar-refractivity contribution is 5.71. The normalized spacial score (nSPS) is 10.9. The Morgan fingerprint density at radius 3 is 2.75 bits per heavy atom. The van der Waals surface area contributed by atoms with E-state index in [0.717, 1.165) is 0 Å². The van der Waals surface area contributed by atoms with Crippen molar-refractivity contribution in [3.05, 3.63) is 17.0 Å². The summed E-state index contributed by atoms with van der Waals surface area (Å²) in [7, 11) is 0. The quantitative estimate of drug-likeness (QED) is 0.736. The van der Waals surface area contributed by atoms with Crippen LogP contribution >= 0.6 is 0 Å². The highest BCUT2D eigenvalue weighted by Gasteiger charge is 2.14. The van der Waals surface area contributed by atoms with Crippen molar-refractivity contribution in [2.75, 3.05) is 5.73 Å². The Labute approximate surface area is 90.9 Å². The lowest BCUT2D eigenvalue weighted by Crippen LogP contribution is -2.10. The van der Waals surface area contributed by atoms with Crippen molar-refractivity contribution in [1.29, 1.82) is 0 Å². The number of anilines is 1. The Balaban J connectivity index is 2.69. The summed E-state index contributed by atoms with van der Waals surface area (Å²) in [5.74, 6) is -0.385. The van der Waals surface area contributed by atoms with E-state index in [9.17, 15) is 4.79 Å². The van der Waals surface area contributed by atoms with Crippen LogP contribution in [0.3, 0.4) is 0 Å². The van der Waals surface area contributed by atoms with Gasteiger partial charge in [-0.15, -0.1) is 5.10 Å². The first-order valence-electron chi connectivity index (χ1n) is 4.69. The zero-order valence-electron chi connectivity index (χ0n) is 8.93. The van der Waals surface area contributed by atoms with E-state index in [1.165, 1.54) is 4.52 Å². The molecule has 0 saturated heterocycles. The van der Waals surface area contributed by atoms with E-state index in [2.05, 4.69) is 15.1 Å². The monoisotopic (exact) mass is 221 g/mol. The number of nitrogens with two attached hydrogens (primary N) is 1. The van der Waals surface area contributed by atoms with Crippen LogP contribution in [0.25, 0.3) is 5.78 Å². The molecule has 0 aliphatic carbocycles. The standard InChI is InChI=1S/C9H11N5O2/c1-4-6(3-7(15)16)5(2)14-9(11-4)12-8(10)13-14/h3H2,1-2H3,(H2,10,13)(H,15,16). The molecule has 2 heterocycles. The maximum absolute atomic E-state index is 10.7. The topological polar surface area (TPSA) is 106 Å². The van der Waals surface area contributed by atoms with E-state index in [1.807, 2.05) is 0 Å². The van der Waals surface area contributed by atoms with Crippen LogP contribution in [0.1, 0.15) is 17.0 Å². The molecule has 0 atom stereocenters. The molecule has 0 bridgehead atoms. The molecule has 84 valence electrons. The van der Waals surface area contributed by atoms with E-state index in [0.29, 0.717) is 22.7 Å². The number of aryl methyl sites for hydroxylation is 2. The first-order valence-corrected chi connectivity index (χ1v) is 4.69. The van der Waals surface area contributed by atoms with Crippen LogP contribution in [-0.4, -0.2) is 30.7 Å². The number of carbonyl (C=O) groups is 1. The van der Waals surface area contributed by atoms with Crippen molar-refractivity contribution in [3.8, 4) is 0 Å². The van der Waals surface area contributed by atoms with Crippen LogP contribution < -0.4 is 5.73 Å². The molecule has 0 aliphatic rings. The van der Waals surface area contributed by atoms with Gasteiger partial charge in [-0.1, -0.05) is 0 Å². The van der Waals surface area contributed by atoms with Gasteiger partial charge in [0, 0.05) is 17.0 Å². The molecular weight excluding hydrogens is 210 g/mol. The van der Waals surface area contributed by atoms with Gasteiger partial charge in [0.1, 0.15) is 0 Å². The molecule has 0 aliphatic heterocycles. The highest BCUT2D eigenvalue weighted by atomic mass is 16.4. The summed E-state index contributed by atoms with van der Waals surface area (Å²) in [4.78, 5) is 18.8. The number of carboxylic acids is 1. The molecular formula is C9H11N5O2. The smallest absolute Gasteiger partial charge is 0.307 e. The van der Waals surface area contributed by atoms with E-state index in [4.69, 9.17) is 10.8 Å². The lowest BCUT2D eigenvalue weighted by molar-refractivity contribution is -0.136. The predicted octanol–water partition coefficient (Wildman–Crippen LogP) is -0.0496. The van der Waals surface area contributed by atoms with Gasteiger partial charge in [0.15, 0.2) is 0 Å². The second-order valence-electron chi connectivity index (χ2n) is 3.51. The molecule has 3 N–H and O–H groups in total. The molecule has 0 spiro atoms. The van der Waals surface area contributed by atoms with Crippen molar-refractivity contribution in [1.82, 2.24) is 19.6 Å². The van der Waals surface area contributed by atoms with E-state index in [1.54, 1.807) is 13.8 Å². The van der Waals surface area contributed by atoms with Gasteiger partial charge < -0.3 is 10.8 Å². The summed E-state index contributed by atoms with van der Waals surface area (Å²) < 4.78 is 1.46. The Bertz CT molecular complexity index is 575. The molecule has 2 aromatic rings. The number of rotatable bonds is 2. The minimum Gasteiger partial charge on any atom is -0.481 e. The zero-order valence-corrected chi connectivity index (χ0v) is 8.93. The van der Waals surface area contributed by atoms with Crippen LogP contribution in [0.15, 0.2) is 0 Å². The molecule has 0 saturated carbocycles. The summed E-state index contributed by atoms with van der Waals surface area (Å²) in [6.45, 7) is 3.52. The summed E-state index contributed by atoms with van der Waals surface area (Å²) in [6.07, 6.45) is -0.0830. The number of fused-ring (bicyclic) bond motifs is 1. The Kier molecular flexibility index (Phi) is 2.22. The van der Waals surface area contributed by atoms with Crippen molar-refractivity contribution in [2.24, 2.45) is 0 Å². The third kappa shape index (κ3) is 1.56. The summed E-state index contributed by atoms with van der Waals surface area (Å²) in [6, 6.07) is 0. The van der Waals surface area contributed by atoms with Gasteiger partial charge in [-0.2, -0.15) is 9.50 Å². The number of hydrogen-bond donors (Lipinski definition) is 2. The Morgan fingerprint density at radius 2 is 2.12 bits per heavy atom. The lowest BCUT2D eigenvalue weighted by Gasteiger charge is -2.07. The van der Waals surface area contributed by atoms with Crippen LogP contribution in [0.2, 0.25) is 0 Å². The average Bonchev–Trinajstić information content (AvgIpc) is 2.53. The first-order chi connectivity index (χ1) is 7.49.